The van der Waals surface area contributed by atoms with Crippen molar-refractivity contribution in [1.82, 2.24) is 10.6 Å². The van der Waals surface area contributed by atoms with E-state index in [4.69, 9.17) is 9.47 Å². The highest BCUT2D eigenvalue weighted by Gasteiger charge is 2.24. The summed E-state index contributed by atoms with van der Waals surface area (Å²) in [5.41, 5.74) is 0.841. The molecule has 0 saturated carbocycles. The normalized spacial score (nSPS) is 13.6. The van der Waals surface area contributed by atoms with Crippen LogP contribution in [-0.2, 0) is 9.53 Å². The number of rotatable bonds is 8. The number of nitrogens with zero attached hydrogens (tertiary/aromatic N) is 2. The van der Waals surface area contributed by atoms with Gasteiger partial charge in [0.1, 0.15) is 5.75 Å². The van der Waals surface area contributed by atoms with Crippen molar-refractivity contribution in [3.05, 3.63) is 24.3 Å². The fraction of sp³-hybridized carbons (Fsp3) is 0.529. The Balaban J connectivity index is 0.00000312. The lowest BCUT2D eigenvalue weighted by atomic mass is 10.2. The average molecular weight is 462 g/mol. The minimum Gasteiger partial charge on any atom is -0.482 e. The van der Waals surface area contributed by atoms with Gasteiger partial charge < -0.3 is 25.0 Å². The molecule has 0 fully saturated rings. The number of halogens is 1. The molecule has 1 amide bonds. The minimum absolute atomic E-state index is 0. The highest BCUT2D eigenvalue weighted by Crippen LogP contribution is 2.31. The lowest BCUT2D eigenvalue weighted by molar-refractivity contribution is -0.121. The smallest absolute Gasteiger partial charge is 0.265 e. The molecule has 1 aromatic carbocycles. The third kappa shape index (κ3) is 6.69. The molecule has 1 heterocycles. The van der Waals surface area contributed by atoms with E-state index in [0.29, 0.717) is 26.3 Å². The molecular formula is C17H27IN4O3. The van der Waals surface area contributed by atoms with Crippen LogP contribution < -0.4 is 20.3 Å². The monoisotopic (exact) mass is 462 g/mol. The molecule has 25 heavy (non-hydrogen) atoms. The third-order valence-corrected chi connectivity index (χ3v) is 3.63. The van der Waals surface area contributed by atoms with Crippen molar-refractivity contribution in [2.75, 3.05) is 51.4 Å². The topological polar surface area (TPSA) is 75.2 Å². The number of guanidine groups is 1. The number of para-hydroxylation sites is 2. The number of carbonyl (C=O) groups is 1. The summed E-state index contributed by atoms with van der Waals surface area (Å²) in [6, 6.07) is 7.62. The SMILES string of the molecule is CCOCCNC(=NC)NCCCN1C(=O)COc2ccccc21.I. The fourth-order valence-electron chi connectivity index (χ4n) is 2.45. The van der Waals surface area contributed by atoms with Gasteiger partial charge in [0.15, 0.2) is 12.6 Å². The number of ether oxygens (including phenoxy) is 2. The number of amides is 1. The van der Waals surface area contributed by atoms with E-state index < -0.39 is 0 Å². The molecule has 7 nitrogen and oxygen atoms in total. The largest absolute Gasteiger partial charge is 0.482 e. The number of aliphatic imine (C=N–C) groups is 1. The Morgan fingerprint density at radius 3 is 2.84 bits per heavy atom. The van der Waals surface area contributed by atoms with Crippen LogP contribution in [0.15, 0.2) is 29.3 Å². The number of hydrogen-bond donors (Lipinski definition) is 2. The second-order valence-electron chi connectivity index (χ2n) is 5.28. The van der Waals surface area contributed by atoms with Crippen LogP contribution in [0.4, 0.5) is 5.69 Å². The third-order valence-electron chi connectivity index (χ3n) is 3.63. The van der Waals surface area contributed by atoms with Crippen molar-refractivity contribution < 1.29 is 14.3 Å². The first-order valence-electron chi connectivity index (χ1n) is 8.30. The quantitative estimate of drug-likeness (QED) is 0.266. The fourth-order valence-corrected chi connectivity index (χ4v) is 2.45. The summed E-state index contributed by atoms with van der Waals surface area (Å²) in [4.78, 5) is 18.0. The minimum atomic E-state index is -0.00655. The van der Waals surface area contributed by atoms with Crippen molar-refractivity contribution in [2.45, 2.75) is 13.3 Å². The van der Waals surface area contributed by atoms with E-state index >= 15 is 0 Å². The Morgan fingerprint density at radius 2 is 2.08 bits per heavy atom. The maximum Gasteiger partial charge on any atom is 0.265 e. The van der Waals surface area contributed by atoms with E-state index in [1.54, 1.807) is 11.9 Å². The zero-order chi connectivity index (χ0) is 17.2. The summed E-state index contributed by atoms with van der Waals surface area (Å²) in [6.45, 7) is 5.51. The van der Waals surface area contributed by atoms with E-state index in [1.165, 1.54) is 0 Å². The van der Waals surface area contributed by atoms with Gasteiger partial charge in [-0.2, -0.15) is 0 Å². The van der Waals surface area contributed by atoms with Gasteiger partial charge in [-0.05, 0) is 25.5 Å². The molecule has 0 aromatic heterocycles. The standard InChI is InChI=1S/C17H26N4O3.HI/c1-3-23-12-10-20-17(18-2)19-9-6-11-21-14-7-4-5-8-15(14)24-13-16(21)22;/h4-5,7-8H,3,6,9-13H2,1-2H3,(H2,18,19,20);1H. The Morgan fingerprint density at radius 1 is 1.32 bits per heavy atom. The first-order valence-corrected chi connectivity index (χ1v) is 8.30. The zero-order valence-corrected chi connectivity index (χ0v) is 17.1. The number of nitrogens with one attached hydrogen (secondary N) is 2. The lowest BCUT2D eigenvalue weighted by Crippen LogP contribution is -2.42. The van der Waals surface area contributed by atoms with Crippen molar-refractivity contribution in [1.29, 1.82) is 0 Å². The number of hydrogen-bond acceptors (Lipinski definition) is 4. The summed E-state index contributed by atoms with van der Waals surface area (Å²) >= 11 is 0. The molecule has 2 N–H and O–H groups in total. The Kier molecular flexibility index (Phi) is 10.2. The van der Waals surface area contributed by atoms with E-state index in [1.807, 2.05) is 31.2 Å². The van der Waals surface area contributed by atoms with Gasteiger partial charge in [0, 0.05) is 33.3 Å². The van der Waals surface area contributed by atoms with Crippen molar-refractivity contribution in [2.24, 2.45) is 4.99 Å². The van der Waals surface area contributed by atoms with Crippen LogP contribution in [-0.4, -0.2) is 58.4 Å². The highest BCUT2D eigenvalue weighted by molar-refractivity contribution is 14.0. The number of anilines is 1. The average Bonchev–Trinajstić information content (AvgIpc) is 2.61. The maximum absolute atomic E-state index is 12.1. The summed E-state index contributed by atoms with van der Waals surface area (Å²) in [5.74, 6) is 1.50. The number of carbonyl (C=O) groups excluding carboxylic acids is 1. The highest BCUT2D eigenvalue weighted by atomic mass is 127. The Bertz CT molecular complexity index is 569. The molecule has 0 saturated heterocycles. The molecule has 0 spiro atoms. The zero-order valence-electron chi connectivity index (χ0n) is 14.8. The van der Waals surface area contributed by atoms with E-state index in [2.05, 4.69) is 15.6 Å². The van der Waals surface area contributed by atoms with Crippen LogP contribution in [0, 0.1) is 0 Å². The molecular weight excluding hydrogens is 435 g/mol. The molecule has 1 aromatic rings. The van der Waals surface area contributed by atoms with E-state index in [0.717, 1.165) is 30.4 Å². The Labute approximate surface area is 166 Å². The van der Waals surface area contributed by atoms with Crippen LogP contribution >= 0.6 is 24.0 Å². The maximum atomic E-state index is 12.1. The molecule has 0 aliphatic carbocycles. The van der Waals surface area contributed by atoms with Gasteiger partial charge >= 0.3 is 0 Å². The molecule has 2 rings (SSSR count). The van der Waals surface area contributed by atoms with Crippen LogP contribution in [0.2, 0.25) is 0 Å². The number of fused-ring (bicyclic) bond motifs is 1. The molecule has 0 unspecified atom stereocenters. The molecule has 140 valence electrons. The van der Waals surface area contributed by atoms with Gasteiger partial charge in [-0.25, -0.2) is 0 Å². The molecule has 1 aliphatic heterocycles. The second-order valence-corrected chi connectivity index (χ2v) is 5.28. The van der Waals surface area contributed by atoms with Crippen molar-refractivity contribution in [3.63, 3.8) is 0 Å². The van der Waals surface area contributed by atoms with Gasteiger partial charge in [0.2, 0.25) is 0 Å². The van der Waals surface area contributed by atoms with Gasteiger partial charge in [0.25, 0.3) is 5.91 Å². The van der Waals surface area contributed by atoms with E-state index in [-0.39, 0.29) is 36.5 Å². The molecule has 1 aliphatic rings. The predicted molar refractivity (Wildman–Crippen MR) is 110 cm³/mol. The molecule has 0 radical (unpaired) electrons. The predicted octanol–water partition coefficient (Wildman–Crippen LogP) is 1.62. The van der Waals surface area contributed by atoms with Crippen LogP contribution in [0.3, 0.4) is 0 Å². The summed E-state index contributed by atoms with van der Waals surface area (Å²) in [5, 5.41) is 6.42. The van der Waals surface area contributed by atoms with Crippen molar-refractivity contribution in [3.8, 4) is 5.75 Å². The lowest BCUT2D eigenvalue weighted by Gasteiger charge is -2.29. The summed E-state index contributed by atoms with van der Waals surface area (Å²) in [6.07, 6.45) is 0.812. The van der Waals surface area contributed by atoms with Gasteiger partial charge in [-0.1, -0.05) is 12.1 Å². The van der Waals surface area contributed by atoms with Gasteiger partial charge in [0.05, 0.1) is 12.3 Å². The molecule has 0 bridgehead atoms. The van der Waals surface area contributed by atoms with Crippen molar-refractivity contribution >= 4 is 41.5 Å². The number of benzene rings is 1. The summed E-state index contributed by atoms with van der Waals surface area (Å²) < 4.78 is 10.7. The van der Waals surface area contributed by atoms with E-state index in [9.17, 15) is 4.79 Å². The molecule has 0 atom stereocenters. The van der Waals surface area contributed by atoms with Crippen LogP contribution in [0.1, 0.15) is 13.3 Å². The van der Waals surface area contributed by atoms with Gasteiger partial charge in [-0.15, -0.1) is 24.0 Å². The first kappa shape index (κ1) is 21.5. The van der Waals surface area contributed by atoms with Gasteiger partial charge in [-0.3, -0.25) is 9.79 Å². The summed E-state index contributed by atoms with van der Waals surface area (Å²) in [7, 11) is 1.73. The van der Waals surface area contributed by atoms with Crippen LogP contribution in [0.5, 0.6) is 5.75 Å². The second kappa shape index (κ2) is 11.9. The Hall–Kier alpha value is -1.55. The molecule has 8 heteroatoms. The first-order chi connectivity index (χ1) is 11.8. The van der Waals surface area contributed by atoms with Crippen LogP contribution in [0.25, 0.3) is 0 Å².